The summed E-state index contributed by atoms with van der Waals surface area (Å²) >= 11 is 0. The van der Waals surface area contributed by atoms with Gasteiger partial charge in [-0.2, -0.15) is 13.2 Å². The second-order valence-corrected chi connectivity index (χ2v) is 5.11. The lowest BCUT2D eigenvalue weighted by Crippen LogP contribution is -2.43. The van der Waals surface area contributed by atoms with Crippen molar-refractivity contribution in [2.24, 2.45) is 0 Å². The van der Waals surface area contributed by atoms with Crippen LogP contribution in [0, 0.1) is 12.7 Å². The number of nitrogens with zero attached hydrogens (tertiary/aromatic N) is 1. The van der Waals surface area contributed by atoms with Crippen LogP contribution in [0.3, 0.4) is 0 Å². The number of carbonyl (C=O) groups excluding carboxylic acids is 1. The summed E-state index contributed by atoms with van der Waals surface area (Å²) in [6.45, 7) is 0.682. The van der Waals surface area contributed by atoms with Gasteiger partial charge in [-0.15, -0.1) is 0 Å². The minimum Gasteiger partial charge on any atom is -0.382 e. The summed E-state index contributed by atoms with van der Waals surface area (Å²) in [7, 11) is 1.29. The Hall–Kier alpha value is -1.67. The van der Waals surface area contributed by atoms with Crippen molar-refractivity contribution in [1.82, 2.24) is 10.2 Å². The van der Waals surface area contributed by atoms with E-state index in [0.29, 0.717) is 11.1 Å². The fraction of sp³-hybridized carbons (Fsp3) is 0.500. The van der Waals surface area contributed by atoms with Gasteiger partial charge in [0.15, 0.2) is 6.10 Å². The maximum Gasteiger partial charge on any atom is 0.415 e. The Kier molecular flexibility index (Phi) is 6.31. The zero-order valence-corrected chi connectivity index (χ0v) is 12.2. The Bertz CT molecular complexity index is 520. The van der Waals surface area contributed by atoms with Crippen molar-refractivity contribution in [2.45, 2.75) is 25.7 Å². The quantitative estimate of drug-likeness (QED) is 0.783. The maximum absolute atomic E-state index is 13.3. The Labute approximate surface area is 125 Å². The number of nitrogens with one attached hydrogen (secondary N) is 1. The van der Waals surface area contributed by atoms with Gasteiger partial charge >= 0.3 is 6.18 Å². The molecule has 0 saturated heterocycles. The molecule has 1 rings (SSSR count). The van der Waals surface area contributed by atoms with Crippen LogP contribution < -0.4 is 5.32 Å². The number of halogens is 4. The number of aryl methyl sites for hydroxylation is 1. The Morgan fingerprint density at radius 3 is 2.59 bits per heavy atom. The van der Waals surface area contributed by atoms with Crippen molar-refractivity contribution in [1.29, 1.82) is 0 Å². The summed E-state index contributed by atoms with van der Waals surface area (Å²) in [5.74, 6) is -0.907. The first kappa shape index (κ1) is 18.4. The minimum absolute atomic E-state index is 0.0751. The fourth-order valence-electron chi connectivity index (χ4n) is 1.71. The van der Waals surface area contributed by atoms with Gasteiger partial charge in [0.2, 0.25) is 5.91 Å². The highest BCUT2D eigenvalue weighted by molar-refractivity contribution is 5.77. The van der Waals surface area contributed by atoms with Crippen LogP contribution in [0.1, 0.15) is 11.1 Å². The first-order valence-electron chi connectivity index (χ1n) is 6.54. The molecule has 4 nitrogen and oxygen atoms in total. The molecule has 8 heteroatoms. The Morgan fingerprint density at radius 1 is 1.41 bits per heavy atom. The van der Waals surface area contributed by atoms with Crippen LogP contribution in [0.4, 0.5) is 17.6 Å². The molecule has 1 amide bonds. The second kappa shape index (κ2) is 7.55. The van der Waals surface area contributed by atoms with E-state index in [1.165, 1.54) is 13.1 Å². The summed E-state index contributed by atoms with van der Waals surface area (Å²) in [6.07, 6.45) is -7.22. The Morgan fingerprint density at radius 2 is 2.05 bits per heavy atom. The maximum atomic E-state index is 13.3. The highest BCUT2D eigenvalue weighted by atomic mass is 19.4. The van der Waals surface area contributed by atoms with Gasteiger partial charge in [-0.1, -0.05) is 12.1 Å². The molecule has 2 N–H and O–H groups in total. The topological polar surface area (TPSA) is 52.6 Å². The number of carbonyl (C=O) groups is 1. The zero-order chi connectivity index (χ0) is 16.9. The van der Waals surface area contributed by atoms with E-state index in [1.54, 1.807) is 19.1 Å². The number of aliphatic hydroxyl groups excluding tert-OH is 1. The third-order valence-corrected chi connectivity index (χ3v) is 3.00. The van der Waals surface area contributed by atoms with E-state index in [1.807, 2.05) is 0 Å². The molecule has 0 aliphatic carbocycles. The molecule has 0 saturated carbocycles. The zero-order valence-electron chi connectivity index (χ0n) is 12.2. The minimum atomic E-state index is -4.72. The van der Waals surface area contributed by atoms with E-state index in [-0.39, 0.29) is 13.1 Å². The normalized spacial score (nSPS) is 13.3. The van der Waals surface area contributed by atoms with Gasteiger partial charge in [-0.05, 0) is 31.2 Å². The van der Waals surface area contributed by atoms with Crippen LogP contribution in [-0.2, 0) is 11.3 Å². The average Bonchev–Trinajstić information content (AvgIpc) is 2.39. The van der Waals surface area contributed by atoms with Gasteiger partial charge in [0.25, 0.3) is 0 Å². The van der Waals surface area contributed by atoms with Crippen LogP contribution in [0.15, 0.2) is 18.2 Å². The molecule has 0 aromatic heterocycles. The molecular weight excluding hydrogens is 304 g/mol. The number of hydrogen-bond acceptors (Lipinski definition) is 3. The van der Waals surface area contributed by atoms with E-state index in [4.69, 9.17) is 5.11 Å². The van der Waals surface area contributed by atoms with Gasteiger partial charge in [0.1, 0.15) is 5.82 Å². The summed E-state index contributed by atoms with van der Waals surface area (Å²) in [4.78, 5) is 12.7. The third-order valence-electron chi connectivity index (χ3n) is 3.00. The molecule has 0 bridgehead atoms. The van der Waals surface area contributed by atoms with Crippen molar-refractivity contribution in [3.05, 3.63) is 35.1 Å². The van der Waals surface area contributed by atoms with Crippen LogP contribution in [0.5, 0.6) is 0 Å². The molecule has 1 aromatic carbocycles. The van der Waals surface area contributed by atoms with E-state index in [9.17, 15) is 22.4 Å². The highest BCUT2D eigenvalue weighted by Gasteiger charge is 2.38. The number of hydrogen-bond donors (Lipinski definition) is 2. The molecule has 0 heterocycles. The average molecular weight is 322 g/mol. The van der Waals surface area contributed by atoms with Gasteiger partial charge in [0.05, 0.1) is 6.54 Å². The predicted molar refractivity (Wildman–Crippen MR) is 72.5 cm³/mol. The van der Waals surface area contributed by atoms with E-state index < -0.39 is 30.5 Å². The van der Waals surface area contributed by atoms with E-state index >= 15 is 0 Å². The van der Waals surface area contributed by atoms with Gasteiger partial charge in [0, 0.05) is 13.1 Å². The molecule has 0 radical (unpaired) electrons. The summed E-state index contributed by atoms with van der Waals surface area (Å²) in [5.41, 5.74) is 1.03. The molecule has 1 unspecified atom stereocenters. The Balaban J connectivity index is 2.41. The van der Waals surface area contributed by atoms with Crippen LogP contribution in [-0.4, -0.2) is 48.3 Å². The van der Waals surface area contributed by atoms with Crippen molar-refractivity contribution < 1.29 is 27.5 Å². The number of alkyl halides is 3. The molecule has 1 atom stereocenters. The number of benzene rings is 1. The van der Waals surface area contributed by atoms with Crippen LogP contribution in [0.25, 0.3) is 0 Å². The number of rotatable bonds is 6. The molecule has 22 heavy (non-hydrogen) atoms. The summed E-state index contributed by atoms with van der Waals surface area (Å²) in [5, 5.41) is 11.4. The first-order valence-corrected chi connectivity index (χ1v) is 6.54. The largest absolute Gasteiger partial charge is 0.415 e. The number of likely N-dealkylation sites (N-methyl/N-ethyl adjacent to an activating group) is 1. The molecule has 0 spiro atoms. The van der Waals surface area contributed by atoms with Crippen molar-refractivity contribution in [3.63, 3.8) is 0 Å². The van der Waals surface area contributed by atoms with Crippen molar-refractivity contribution in [3.8, 4) is 0 Å². The monoisotopic (exact) mass is 322 g/mol. The molecule has 124 valence electrons. The molecule has 1 aromatic rings. The summed E-state index contributed by atoms with van der Waals surface area (Å²) < 4.78 is 49.8. The SMILES string of the molecule is Cc1ccc(CNC(=O)CN(C)CC(O)C(F)(F)F)cc1F. The smallest absolute Gasteiger partial charge is 0.382 e. The van der Waals surface area contributed by atoms with E-state index in [0.717, 1.165) is 4.90 Å². The van der Waals surface area contributed by atoms with Crippen LogP contribution in [0.2, 0.25) is 0 Å². The highest BCUT2D eigenvalue weighted by Crippen LogP contribution is 2.20. The first-order chi connectivity index (χ1) is 10.1. The van der Waals surface area contributed by atoms with Gasteiger partial charge in [-0.3, -0.25) is 9.69 Å². The lowest BCUT2D eigenvalue weighted by Gasteiger charge is -2.21. The number of amides is 1. The van der Waals surface area contributed by atoms with Crippen LogP contribution >= 0.6 is 0 Å². The lowest BCUT2D eigenvalue weighted by molar-refractivity contribution is -0.207. The number of aliphatic hydroxyl groups is 1. The van der Waals surface area contributed by atoms with Gasteiger partial charge in [-0.25, -0.2) is 4.39 Å². The molecule has 0 fully saturated rings. The van der Waals surface area contributed by atoms with E-state index in [2.05, 4.69) is 5.32 Å². The molecule has 0 aliphatic heterocycles. The summed E-state index contributed by atoms with van der Waals surface area (Å²) in [6, 6.07) is 4.51. The fourth-order valence-corrected chi connectivity index (χ4v) is 1.71. The van der Waals surface area contributed by atoms with Gasteiger partial charge < -0.3 is 10.4 Å². The lowest BCUT2D eigenvalue weighted by atomic mass is 10.1. The standard InChI is InChI=1S/C14H18F4N2O2/c1-9-3-4-10(5-11(9)15)6-19-13(22)8-20(2)7-12(21)14(16,17)18/h3-5,12,21H,6-8H2,1-2H3,(H,19,22). The predicted octanol–water partition coefficient (Wildman–Crippen LogP) is 1.61. The molecular formula is C14H18F4N2O2. The molecule has 0 aliphatic rings. The third kappa shape index (κ3) is 5.98. The van der Waals surface area contributed by atoms with Crippen molar-refractivity contribution in [2.75, 3.05) is 20.1 Å². The van der Waals surface area contributed by atoms with Crippen molar-refractivity contribution >= 4 is 5.91 Å². The second-order valence-electron chi connectivity index (χ2n) is 5.11.